The van der Waals surface area contributed by atoms with Crippen LogP contribution in [0, 0.1) is 0 Å². The van der Waals surface area contributed by atoms with E-state index in [2.05, 4.69) is 111 Å². The van der Waals surface area contributed by atoms with Gasteiger partial charge in [0.05, 0.1) is 34.4 Å². The number of carbonyl (C=O) groups is 3. The molecule has 0 aliphatic rings. The molecule has 0 aromatic carbocycles. The molecule has 0 rings (SSSR count). The van der Waals surface area contributed by atoms with Crippen LogP contribution >= 0.6 is 0 Å². The van der Waals surface area contributed by atoms with Crippen LogP contribution in [0.1, 0.15) is 296 Å². The molecule has 0 radical (unpaired) electrons. The standard InChI is InChI=1S/C74H129NO8/c1-6-8-10-12-14-16-18-20-22-24-26-28-30-32-33-34-35-36-37-38-39-41-43-45-47-49-51-53-55-57-59-61-63-65-72(77)83-70(69-82-74(73(78)79)80-67-66-75(3,4)5)68-81-71(76)64-62-60-58-56-54-52-50-48-46-44-42-40-31-29-27-25-23-21-19-17-15-13-11-9-7-2/h8,10,14,16,19-22,25-28,32-33,35-36,70,74H,6-7,9,11-13,15,17-18,23-24,29-31,34,37-69H2,1-5H3/p+1/b10-8-,16-14-,21-19-,22-20-,27-25-,28-26-,33-32-,36-35-. The topological polar surface area (TPSA) is 108 Å². The molecule has 0 fully saturated rings. The third-order valence-electron chi connectivity index (χ3n) is 14.8. The summed E-state index contributed by atoms with van der Waals surface area (Å²) in [6.45, 7) is 4.78. The quantitative estimate of drug-likeness (QED) is 0.0211. The third kappa shape index (κ3) is 65.6. The van der Waals surface area contributed by atoms with Crippen LogP contribution in [0.15, 0.2) is 97.2 Å². The fourth-order valence-corrected chi connectivity index (χ4v) is 9.58. The van der Waals surface area contributed by atoms with Crippen LogP contribution in [0.2, 0.25) is 0 Å². The lowest BCUT2D eigenvalue weighted by molar-refractivity contribution is -0.870. The van der Waals surface area contributed by atoms with Gasteiger partial charge in [-0.05, 0) is 96.3 Å². The van der Waals surface area contributed by atoms with Gasteiger partial charge in [-0.3, -0.25) is 9.59 Å². The second-order valence-corrected chi connectivity index (χ2v) is 24.1. The number of esters is 2. The summed E-state index contributed by atoms with van der Waals surface area (Å²) in [7, 11) is 5.98. The number of ether oxygens (including phenoxy) is 4. The van der Waals surface area contributed by atoms with Crippen LogP contribution in [0.25, 0.3) is 0 Å². The van der Waals surface area contributed by atoms with Gasteiger partial charge in [0, 0.05) is 12.8 Å². The fraction of sp³-hybridized carbons (Fsp3) is 0.743. The highest BCUT2D eigenvalue weighted by Gasteiger charge is 2.25. The maximum atomic E-state index is 12.9. The minimum atomic E-state index is -1.51. The van der Waals surface area contributed by atoms with E-state index >= 15 is 0 Å². The second-order valence-electron chi connectivity index (χ2n) is 24.1. The molecule has 0 amide bonds. The maximum absolute atomic E-state index is 12.9. The third-order valence-corrected chi connectivity index (χ3v) is 14.8. The predicted molar refractivity (Wildman–Crippen MR) is 355 cm³/mol. The van der Waals surface area contributed by atoms with Crippen LogP contribution < -0.4 is 0 Å². The first-order chi connectivity index (χ1) is 40.6. The molecule has 0 bridgehead atoms. The van der Waals surface area contributed by atoms with Crippen molar-refractivity contribution in [3.8, 4) is 0 Å². The van der Waals surface area contributed by atoms with E-state index < -0.39 is 24.3 Å². The number of quaternary nitrogens is 1. The highest BCUT2D eigenvalue weighted by Crippen LogP contribution is 2.17. The Morgan fingerprint density at radius 2 is 0.687 bits per heavy atom. The lowest BCUT2D eigenvalue weighted by atomic mass is 10.0. The van der Waals surface area contributed by atoms with Gasteiger partial charge in [-0.1, -0.05) is 284 Å². The minimum absolute atomic E-state index is 0.184. The fourth-order valence-electron chi connectivity index (χ4n) is 9.58. The Balaban J connectivity index is 4.13. The van der Waals surface area contributed by atoms with Crippen LogP contribution in [0.5, 0.6) is 0 Å². The summed E-state index contributed by atoms with van der Waals surface area (Å²) in [4.78, 5) is 37.6. The number of likely N-dealkylation sites (N-methyl/N-ethyl adjacent to an activating group) is 1. The molecule has 0 aromatic rings. The SMILES string of the molecule is CC/C=C\C/C=C\C/C=C\C/C=C\C/C=C\C/C=C\CCCCCCCCCCCCCCCCC(=O)OC(COC(=O)CCCCCCCCCCCCCCC/C=C\C/C=C\CCCCCCC)COC(OCC[N+](C)(C)C)C(=O)O. The van der Waals surface area contributed by atoms with Gasteiger partial charge in [-0.15, -0.1) is 0 Å². The number of nitrogens with zero attached hydrogens (tertiary/aromatic N) is 1. The Labute approximate surface area is 512 Å². The van der Waals surface area contributed by atoms with Gasteiger partial charge in [0.2, 0.25) is 0 Å². The number of unbranched alkanes of at least 4 members (excludes halogenated alkanes) is 32. The van der Waals surface area contributed by atoms with Gasteiger partial charge in [-0.25, -0.2) is 4.79 Å². The predicted octanol–water partition coefficient (Wildman–Crippen LogP) is 21.2. The molecule has 1 N–H and O–H groups in total. The van der Waals surface area contributed by atoms with Crippen LogP contribution in [-0.4, -0.2) is 87.4 Å². The molecule has 9 nitrogen and oxygen atoms in total. The van der Waals surface area contributed by atoms with E-state index in [1.165, 1.54) is 186 Å². The van der Waals surface area contributed by atoms with E-state index in [0.717, 1.165) is 83.5 Å². The molecule has 2 unspecified atom stereocenters. The number of hydrogen-bond acceptors (Lipinski definition) is 7. The smallest absolute Gasteiger partial charge is 0.361 e. The van der Waals surface area contributed by atoms with Crippen LogP contribution in [-0.2, 0) is 33.3 Å². The summed E-state index contributed by atoms with van der Waals surface area (Å²) in [5, 5.41) is 9.74. The zero-order valence-corrected chi connectivity index (χ0v) is 54.6. The van der Waals surface area contributed by atoms with E-state index in [9.17, 15) is 19.5 Å². The largest absolute Gasteiger partial charge is 0.477 e. The van der Waals surface area contributed by atoms with Crippen LogP contribution in [0.3, 0.4) is 0 Å². The normalized spacial score (nSPS) is 13.3. The van der Waals surface area contributed by atoms with Crippen molar-refractivity contribution in [1.82, 2.24) is 0 Å². The van der Waals surface area contributed by atoms with E-state index in [0.29, 0.717) is 17.4 Å². The van der Waals surface area contributed by atoms with Crippen molar-refractivity contribution in [2.45, 2.75) is 309 Å². The van der Waals surface area contributed by atoms with Gasteiger partial charge < -0.3 is 28.5 Å². The van der Waals surface area contributed by atoms with Crippen molar-refractivity contribution in [2.24, 2.45) is 0 Å². The number of rotatable bonds is 63. The van der Waals surface area contributed by atoms with Crippen molar-refractivity contribution in [3.05, 3.63) is 97.2 Å². The van der Waals surface area contributed by atoms with Gasteiger partial charge in [-0.2, -0.15) is 0 Å². The molecule has 0 heterocycles. The van der Waals surface area contributed by atoms with Gasteiger partial charge in [0.25, 0.3) is 6.29 Å². The van der Waals surface area contributed by atoms with Gasteiger partial charge >= 0.3 is 17.9 Å². The monoisotopic (exact) mass is 1160 g/mol. The maximum Gasteiger partial charge on any atom is 0.361 e. The van der Waals surface area contributed by atoms with Crippen LogP contribution in [0.4, 0.5) is 0 Å². The molecule has 83 heavy (non-hydrogen) atoms. The molecule has 478 valence electrons. The molecule has 0 aromatic heterocycles. The number of hydrogen-bond donors (Lipinski definition) is 1. The van der Waals surface area contributed by atoms with Crippen molar-refractivity contribution in [1.29, 1.82) is 0 Å². The molecule has 9 heteroatoms. The summed E-state index contributed by atoms with van der Waals surface area (Å²) in [6.07, 6.45) is 85.1. The molecular formula is C74H130NO8+. The van der Waals surface area contributed by atoms with Gasteiger partial charge in [0.15, 0.2) is 6.10 Å². The second kappa shape index (κ2) is 64.2. The first kappa shape index (κ1) is 79.2. The zero-order valence-electron chi connectivity index (χ0n) is 54.6. The number of allylic oxidation sites excluding steroid dienone is 16. The molecule has 0 spiro atoms. The first-order valence-corrected chi connectivity index (χ1v) is 34.4. The molecular weight excluding hydrogens is 1030 g/mol. The Bertz CT molecular complexity index is 1680. The summed E-state index contributed by atoms with van der Waals surface area (Å²) >= 11 is 0. The number of carboxylic acids is 1. The van der Waals surface area contributed by atoms with Crippen molar-refractivity contribution in [2.75, 3.05) is 47.5 Å². The Morgan fingerprint density at radius 1 is 0.373 bits per heavy atom. The molecule has 2 atom stereocenters. The average Bonchev–Trinajstić information content (AvgIpc) is 3.46. The summed E-state index contributed by atoms with van der Waals surface area (Å²) < 4.78 is 23.0. The summed E-state index contributed by atoms with van der Waals surface area (Å²) in [6, 6.07) is 0. The average molecular weight is 1160 g/mol. The minimum Gasteiger partial charge on any atom is -0.477 e. The molecule has 0 saturated carbocycles. The van der Waals surface area contributed by atoms with E-state index in [1.54, 1.807) is 0 Å². The molecule has 0 aliphatic heterocycles. The highest BCUT2D eigenvalue weighted by molar-refractivity contribution is 5.71. The number of carbonyl (C=O) groups excluding carboxylic acids is 2. The Kier molecular flexibility index (Phi) is 61.3. The number of carboxylic acid groups (broad SMARTS) is 1. The van der Waals surface area contributed by atoms with Crippen molar-refractivity contribution in [3.63, 3.8) is 0 Å². The zero-order chi connectivity index (χ0) is 60.5. The Hall–Kier alpha value is -3.79. The molecule has 0 saturated heterocycles. The Morgan fingerprint density at radius 3 is 1.02 bits per heavy atom. The van der Waals surface area contributed by atoms with E-state index in [1.807, 2.05) is 21.1 Å². The van der Waals surface area contributed by atoms with E-state index in [4.69, 9.17) is 18.9 Å². The van der Waals surface area contributed by atoms with E-state index in [-0.39, 0.29) is 32.2 Å². The number of aliphatic carboxylic acids is 1. The highest BCUT2D eigenvalue weighted by atomic mass is 16.7. The lowest BCUT2D eigenvalue weighted by Crippen LogP contribution is -2.40. The van der Waals surface area contributed by atoms with Crippen molar-refractivity contribution < 1.29 is 42.9 Å². The lowest BCUT2D eigenvalue weighted by Gasteiger charge is -2.25. The summed E-state index contributed by atoms with van der Waals surface area (Å²) in [5.41, 5.74) is 0. The van der Waals surface area contributed by atoms with Crippen molar-refractivity contribution >= 4 is 17.9 Å². The van der Waals surface area contributed by atoms with Gasteiger partial charge in [0.1, 0.15) is 13.2 Å². The summed E-state index contributed by atoms with van der Waals surface area (Å²) in [5.74, 6) is -2.00. The molecule has 0 aliphatic carbocycles. The first-order valence-electron chi connectivity index (χ1n) is 34.4.